The zero-order valence-electron chi connectivity index (χ0n) is 7.73. The molecule has 1 aromatic carbocycles. The van der Waals surface area contributed by atoms with Crippen molar-refractivity contribution in [3.63, 3.8) is 0 Å². The molecule has 0 spiro atoms. The number of carboxylic acid groups (broad SMARTS) is 1. The summed E-state index contributed by atoms with van der Waals surface area (Å²) in [6.07, 6.45) is 0. The SMILES string of the molecule is C[C@@H](NC(=S)c1ccccc1)C(=O)O. The molecule has 0 radical (unpaired) electrons. The monoisotopic (exact) mass is 209 g/mol. The molecule has 0 aliphatic carbocycles. The van der Waals surface area contributed by atoms with Crippen LogP contribution in [0.4, 0.5) is 0 Å². The number of rotatable bonds is 3. The highest BCUT2D eigenvalue weighted by molar-refractivity contribution is 7.80. The van der Waals surface area contributed by atoms with E-state index in [2.05, 4.69) is 5.32 Å². The predicted octanol–water partition coefficient (Wildman–Crippen LogP) is 1.42. The van der Waals surface area contributed by atoms with E-state index in [1.807, 2.05) is 30.3 Å². The highest BCUT2D eigenvalue weighted by Gasteiger charge is 2.11. The molecule has 0 fully saturated rings. The van der Waals surface area contributed by atoms with E-state index in [-0.39, 0.29) is 0 Å². The quantitative estimate of drug-likeness (QED) is 0.739. The first kappa shape index (κ1) is 10.7. The van der Waals surface area contributed by atoms with Gasteiger partial charge in [0.25, 0.3) is 0 Å². The van der Waals surface area contributed by atoms with Crippen LogP contribution in [0, 0.1) is 0 Å². The zero-order valence-corrected chi connectivity index (χ0v) is 8.54. The van der Waals surface area contributed by atoms with Crippen molar-refractivity contribution in [1.29, 1.82) is 0 Å². The highest BCUT2D eigenvalue weighted by Crippen LogP contribution is 2.00. The fourth-order valence-electron chi connectivity index (χ4n) is 0.931. The number of hydrogen-bond acceptors (Lipinski definition) is 2. The summed E-state index contributed by atoms with van der Waals surface area (Å²) in [6, 6.07) is 8.60. The second-order valence-electron chi connectivity index (χ2n) is 2.90. The van der Waals surface area contributed by atoms with E-state index in [1.54, 1.807) is 6.92 Å². The molecule has 0 bridgehead atoms. The van der Waals surface area contributed by atoms with Gasteiger partial charge in [-0.05, 0) is 6.92 Å². The highest BCUT2D eigenvalue weighted by atomic mass is 32.1. The van der Waals surface area contributed by atoms with Crippen molar-refractivity contribution in [1.82, 2.24) is 5.32 Å². The average molecular weight is 209 g/mol. The number of hydrogen-bond donors (Lipinski definition) is 2. The van der Waals surface area contributed by atoms with Gasteiger partial charge in [-0.2, -0.15) is 0 Å². The Morgan fingerprint density at radius 3 is 2.50 bits per heavy atom. The second-order valence-corrected chi connectivity index (χ2v) is 3.31. The lowest BCUT2D eigenvalue weighted by Crippen LogP contribution is -2.37. The Balaban J connectivity index is 2.64. The Labute approximate surface area is 87.8 Å². The van der Waals surface area contributed by atoms with Crippen molar-refractivity contribution in [3.8, 4) is 0 Å². The molecule has 0 heterocycles. The van der Waals surface area contributed by atoms with Crippen molar-refractivity contribution < 1.29 is 9.90 Å². The molecule has 2 N–H and O–H groups in total. The summed E-state index contributed by atoms with van der Waals surface area (Å²) in [4.78, 5) is 11.0. The molecule has 14 heavy (non-hydrogen) atoms. The number of benzene rings is 1. The van der Waals surface area contributed by atoms with Gasteiger partial charge in [-0.25, -0.2) is 0 Å². The normalized spacial score (nSPS) is 11.8. The standard InChI is InChI=1S/C10H11NO2S/c1-7(10(12)13)11-9(14)8-5-3-2-4-6-8/h2-7H,1H3,(H,11,14)(H,12,13)/t7-/m1/s1. The minimum atomic E-state index is -0.914. The van der Waals surface area contributed by atoms with E-state index in [9.17, 15) is 4.79 Å². The van der Waals surface area contributed by atoms with Crippen LogP contribution in [-0.2, 0) is 4.79 Å². The van der Waals surface area contributed by atoms with Crippen LogP contribution in [-0.4, -0.2) is 22.1 Å². The summed E-state index contributed by atoms with van der Waals surface area (Å²) >= 11 is 5.04. The summed E-state index contributed by atoms with van der Waals surface area (Å²) in [6.45, 7) is 1.55. The van der Waals surface area contributed by atoms with E-state index in [4.69, 9.17) is 17.3 Å². The van der Waals surface area contributed by atoms with E-state index < -0.39 is 12.0 Å². The summed E-state index contributed by atoms with van der Waals surface area (Å²) in [5.74, 6) is -0.914. The Morgan fingerprint density at radius 2 is 2.00 bits per heavy atom. The molecule has 3 nitrogen and oxygen atoms in total. The van der Waals surface area contributed by atoms with E-state index in [1.165, 1.54) is 0 Å². The molecule has 1 aromatic rings. The molecular formula is C10H11NO2S. The number of carbonyl (C=O) groups is 1. The van der Waals surface area contributed by atoms with Gasteiger partial charge in [0.1, 0.15) is 11.0 Å². The third kappa shape index (κ3) is 2.81. The molecule has 0 aliphatic rings. The fourth-order valence-corrected chi connectivity index (χ4v) is 1.24. The first-order valence-corrected chi connectivity index (χ1v) is 4.61. The van der Waals surface area contributed by atoms with Crippen LogP contribution < -0.4 is 5.32 Å². The summed E-state index contributed by atoms with van der Waals surface area (Å²) in [5, 5.41) is 11.4. The average Bonchev–Trinajstić information content (AvgIpc) is 2.19. The van der Waals surface area contributed by atoms with Gasteiger partial charge in [0.05, 0.1) is 0 Å². The van der Waals surface area contributed by atoms with Crippen molar-refractivity contribution in [2.45, 2.75) is 13.0 Å². The molecule has 1 rings (SSSR count). The molecule has 4 heteroatoms. The molecule has 0 saturated carbocycles. The first-order valence-electron chi connectivity index (χ1n) is 4.20. The summed E-state index contributed by atoms with van der Waals surface area (Å²) in [7, 11) is 0. The Morgan fingerprint density at radius 1 is 1.43 bits per heavy atom. The number of nitrogens with one attached hydrogen (secondary N) is 1. The van der Waals surface area contributed by atoms with Crippen molar-refractivity contribution in [2.75, 3.05) is 0 Å². The van der Waals surface area contributed by atoms with Gasteiger partial charge in [-0.1, -0.05) is 42.5 Å². The predicted molar refractivity (Wildman–Crippen MR) is 58.4 cm³/mol. The topological polar surface area (TPSA) is 49.3 Å². The van der Waals surface area contributed by atoms with Crippen LogP contribution in [0.25, 0.3) is 0 Å². The van der Waals surface area contributed by atoms with Gasteiger partial charge in [-0.3, -0.25) is 4.79 Å². The molecule has 0 aromatic heterocycles. The molecule has 74 valence electrons. The van der Waals surface area contributed by atoms with Crippen LogP contribution in [0.5, 0.6) is 0 Å². The Kier molecular flexibility index (Phi) is 3.59. The van der Waals surface area contributed by atoms with Crippen molar-refractivity contribution in [2.24, 2.45) is 0 Å². The Bertz CT molecular complexity index is 337. The lowest BCUT2D eigenvalue weighted by Gasteiger charge is -2.11. The molecule has 0 unspecified atom stereocenters. The minimum Gasteiger partial charge on any atom is -0.480 e. The molecule has 0 aliphatic heterocycles. The summed E-state index contributed by atoms with van der Waals surface area (Å²) in [5.41, 5.74) is 0.829. The van der Waals surface area contributed by atoms with Gasteiger partial charge in [-0.15, -0.1) is 0 Å². The molecular weight excluding hydrogens is 198 g/mol. The summed E-state index contributed by atoms with van der Waals surface area (Å²) < 4.78 is 0. The molecule has 0 amide bonds. The van der Waals surface area contributed by atoms with Gasteiger partial charge in [0.2, 0.25) is 0 Å². The van der Waals surface area contributed by atoms with Crippen LogP contribution in [0.1, 0.15) is 12.5 Å². The lowest BCUT2D eigenvalue weighted by atomic mass is 10.2. The maximum Gasteiger partial charge on any atom is 0.325 e. The lowest BCUT2D eigenvalue weighted by molar-refractivity contribution is -0.138. The smallest absolute Gasteiger partial charge is 0.325 e. The van der Waals surface area contributed by atoms with Crippen molar-refractivity contribution in [3.05, 3.63) is 35.9 Å². The maximum atomic E-state index is 10.5. The van der Waals surface area contributed by atoms with E-state index >= 15 is 0 Å². The third-order valence-electron chi connectivity index (χ3n) is 1.75. The zero-order chi connectivity index (χ0) is 10.6. The van der Waals surface area contributed by atoms with E-state index in [0.717, 1.165) is 5.56 Å². The van der Waals surface area contributed by atoms with Crippen LogP contribution in [0.2, 0.25) is 0 Å². The van der Waals surface area contributed by atoms with Gasteiger partial charge >= 0.3 is 5.97 Å². The first-order chi connectivity index (χ1) is 6.61. The number of aliphatic carboxylic acids is 1. The third-order valence-corrected chi connectivity index (χ3v) is 2.11. The van der Waals surface area contributed by atoms with E-state index in [0.29, 0.717) is 4.99 Å². The van der Waals surface area contributed by atoms with Gasteiger partial charge in [0, 0.05) is 5.56 Å². The van der Waals surface area contributed by atoms with Crippen LogP contribution in [0.3, 0.4) is 0 Å². The van der Waals surface area contributed by atoms with Gasteiger partial charge < -0.3 is 10.4 Å². The van der Waals surface area contributed by atoms with Crippen molar-refractivity contribution >= 4 is 23.2 Å². The molecule has 1 atom stereocenters. The number of thiocarbonyl (C=S) groups is 1. The minimum absolute atomic E-state index is 0.459. The van der Waals surface area contributed by atoms with Gasteiger partial charge in [0.15, 0.2) is 0 Å². The second kappa shape index (κ2) is 4.72. The maximum absolute atomic E-state index is 10.5. The fraction of sp³-hybridized carbons (Fsp3) is 0.200. The Hall–Kier alpha value is -1.42. The largest absolute Gasteiger partial charge is 0.480 e. The number of carboxylic acids is 1. The van der Waals surface area contributed by atoms with Crippen LogP contribution >= 0.6 is 12.2 Å². The van der Waals surface area contributed by atoms with Crippen LogP contribution in [0.15, 0.2) is 30.3 Å². The molecule has 0 saturated heterocycles.